The van der Waals surface area contributed by atoms with Crippen LogP contribution < -0.4 is 10.5 Å². The number of aromatic hydroxyl groups is 1. The van der Waals surface area contributed by atoms with Crippen molar-refractivity contribution in [3.05, 3.63) is 22.2 Å². The van der Waals surface area contributed by atoms with E-state index in [-0.39, 0.29) is 10.2 Å². The zero-order valence-corrected chi connectivity index (χ0v) is 11.0. The van der Waals surface area contributed by atoms with Gasteiger partial charge in [-0.15, -0.1) is 0 Å². The van der Waals surface area contributed by atoms with Gasteiger partial charge in [0.05, 0.1) is 11.6 Å². The van der Waals surface area contributed by atoms with Gasteiger partial charge in [-0.05, 0) is 33.6 Å². The molecule has 0 unspecified atom stereocenters. The molecule has 9 heteroatoms. The third kappa shape index (κ3) is 2.92. The SMILES string of the molecule is COc1cc([C@H](N)C(F)(F)C(F)(F)F)cc(Br)c1O. The molecule has 19 heavy (non-hydrogen) atoms. The van der Waals surface area contributed by atoms with Crippen molar-refractivity contribution >= 4 is 15.9 Å². The van der Waals surface area contributed by atoms with Gasteiger partial charge in [0.1, 0.15) is 6.04 Å². The van der Waals surface area contributed by atoms with Crippen LogP contribution in [0.1, 0.15) is 11.6 Å². The van der Waals surface area contributed by atoms with E-state index in [2.05, 4.69) is 20.7 Å². The standard InChI is InChI=1S/C10H9BrF5NO2/c1-19-6-3-4(2-5(11)7(6)18)8(17)9(12,13)10(14,15)16/h2-3,8,18H,17H2,1H3/t8-/m0/s1. The van der Waals surface area contributed by atoms with Gasteiger partial charge < -0.3 is 15.6 Å². The van der Waals surface area contributed by atoms with Gasteiger partial charge in [0.25, 0.3) is 0 Å². The Morgan fingerprint density at radius 1 is 1.26 bits per heavy atom. The quantitative estimate of drug-likeness (QED) is 0.822. The fourth-order valence-corrected chi connectivity index (χ4v) is 1.77. The van der Waals surface area contributed by atoms with E-state index in [9.17, 15) is 27.1 Å². The fraction of sp³-hybridized carbons (Fsp3) is 0.400. The molecule has 3 N–H and O–H groups in total. The van der Waals surface area contributed by atoms with E-state index in [1.807, 2.05) is 0 Å². The number of phenols is 1. The molecule has 0 aromatic heterocycles. The number of halogens is 6. The molecule has 0 amide bonds. The summed E-state index contributed by atoms with van der Waals surface area (Å²) in [5.74, 6) is -5.79. The predicted molar refractivity (Wildman–Crippen MR) is 60.3 cm³/mol. The first kappa shape index (κ1) is 16.0. The minimum Gasteiger partial charge on any atom is -0.503 e. The Bertz CT molecular complexity index is 478. The summed E-state index contributed by atoms with van der Waals surface area (Å²) in [7, 11) is 1.12. The van der Waals surface area contributed by atoms with Gasteiger partial charge in [0.15, 0.2) is 11.5 Å². The molecule has 0 saturated carbocycles. The molecular formula is C10H9BrF5NO2. The molecule has 0 heterocycles. The van der Waals surface area contributed by atoms with Crippen LogP contribution in [-0.4, -0.2) is 24.3 Å². The Labute approximate surface area is 113 Å². The van der Waals surface area contributed by atoms with Crippen molar-refractivity contribution < 1.29 is 31.8 Å². The van der Waals surface area contributed by atoms with Crippen molar-refractivity contribution in [1.82, 2.24) is 0 Å². The fourth-order valence-electron chi connectivity index (χ4n) is 1.31. The van der Waals surface area contributed by atoms with E-state index < -0.39 is 29.5 Å². The number of ether oxygens (including phenoxy) is 1. The molecule has 0 aliphatic carbocycles. The van der Waals surface area contributed by atoms with Crippen molar-refractivity contribution in [2.24, 2.45) is 5.73 Å². The lowest BCUT2D eigenvalue weighted by Crippen LogP contribution is -2.45. The van der Waals surface area contributed by atoms with E-state index in [1.165, 1.54) is 0 Å². The second kappa shape index (κ2) is 5.12. The number of phenolic OH excluding ortho intramolecular Hbond substituents is 1. The molecule has 3 nitrogen and oxygen atoms in total. The van der Waals surface area contributed by atoms with E-state index in [0.29, 0.717) is 0 Å². The average molecular weight is 350 g/mol. The molecule has 1 atom stereocenters. The first-order valence-corrected chi connectivity index (χ1v) is 5.58. The van der Waals surface area contributed by atoms with E-state index in [1.54, 1.807) is 0 Å². The van der Waals surface area contributed by atoms with Gasteiger partial charge in [-0.3, -0.25) is 0 Å². The molecule has 0 aliphatic rings. The number of hydrogen-bond acceptors (Lipinski definition) is 3. The summed E-state index contributed by atoms with van der Waals surface area (Å²) >= 11 is 2.81. The van der Waals surface area contributed by atoms with E-state index in [0.717, 1.165) is 19.2 Å². The molecule has 1 aromatic rings. The van der Waals surface area contributed by atoms with Gasteiger partial charge in [0.2, 0.25) is 0 Å². The lowest BCUT2D eigenvalue weighted by Gasteiger charge is -2.26. The zero-order chi connectivity index (χ0) is 15.0. The van der Waals surface area contributed by atoms with Crippen molar-refractivity contribution in [3.63, 3.8) is 0 Å². The minimum atomic E-state index is -5.77. The maximum atomic E-state index is 13.1. The highest BCUT2D eigenvalue weighted by Crippen LogP contribution is 2.45. The first-order valence-electron chi connectivity index (χ1n) is 4.79. The van der Waals surface area contributed by atoms with Gasteiger partial charge in [0, 0.05) is 0 Å². The Kier molecular flexibility index (Phi) is 4.30. The third-order valence-corrected chi connectivity index (χ3v) is 3.00. The Morgan fingerprint density at radius 2 is 1.79 bits per heavy atom. The number of alkyl halides is 5. The molecule has 108 valence electrons. The van der Waals surface area contributed by atoms with Crippen LogP contribution in [0.25, 0.3) is 0 Å². The summed E-state index contributed by atoms with van der Waals surface area (Å²) < 4.78 is 67.4. The zero-order valence-electron chi connectivity index (χ0n) is 9.43. The van der Waals surface area contributed by atoms with Crippen LogP contribution in [0.3, 0.4) is 0 Å². The molecule has 1 rings (SSSR count). The van der Waals surface area contributed by atoms with Crippen LogP contribution >= 0.6 is 15.9 Å². The highest BCUT2D eigenvalue weighted by molar-refractivity contribution is 9.10. The van der Waals surface area contributed by atoms with Crippen LogP contribution in [0.2, 0.25) is 0 Å². The second-order valence-corrected chi connectivity index (χ2v) is 4.51. The Hall–Kier alpha value is -1.09. The molecule has 0 radical (unpaired) electrons. The van der Waals surface area contributed by atoms with Crippen LogP contribution in [0, 0.1) is 0 Å². The highest BCUT2D eigenvalue weighted by atomic mass is 79.9. The average Bonchev–Trinajstić information content (AvgIpc) is 2.30. The van der Waals surface area contributed by atoms with E-state index >= 15 is 0 Å². The van der Waals surface area contributed by atoms with Crippen LogP contribution in [-0.2, 0) is 0 Å². The summed E-state index contributed by atoms with van der Waals surface area (Å²) in [4.78, 5) is 0. The maximum Gasteiger partial charge on any atom is 0.455 e. The molecule has 0 fully saturated rings. The number of benzene rings is 1. The first-order chi connectivity index (χ1) is 8.52. The van der Waals surface area contributed by atoms with Crippen molar-refractivity contribution in [2.45, 2.75) is 18.1 Å². The number of hydrogen-bond donors (Lipinski definition) is 2. The van der Waals surface area contributed by atoms with Gasteiger partial charge >= 0.3 is 12.1 Å². The smallest absolute Gasteiger partial charge is 0.455 e. The third-order valence-electron chi connectivity index (χ3n) is 2.40. The lowest BCUT2D eigenvalue weighted by atomic mass is 10.0. The van der Waals surface area contributed by atoms with Crippen LogP contribution in [0.15, 0.2) is 16.6 Å². The monoisotopic (exact) mass is 349 g/mol. The summed E-state index contributed by atoms with van der Waals surface area (Å²) in [6, 6.07) is -0.912. The summed E-state index contributed by atoms with van der Waals surface area (Å²) in [6.07, 6.45) is -5.77. The molecule has 1 aromatic carbocycles. The molecule has 0 aliphatic heterocycles. The molecule has 0 bridgehead atoms. The minimum absolute atomic E-state index is 0.102. The second-order valence-electron chi connectivity index (χ2n) is 3.65. The molecule has 0 spiro atoms. The molecule has 0 saturated heterocycles. The van der Waals surface area contributed by atoms with Crippen molar-refractivity contribution in [2.75, 3.05) is 7.11 Å². The number of methoxy groups -OCH3 is 1. The van der Waals surface area contributed by atoms with Crippen LogP contribution in [0.5, 0.6) is 11.5 Å². The van der Waals surface area contributed by atoms with Crippen molar-refractivity contribution in [1.29, 1.82) is 0 Å². The summed E-state index contributed by atoms with van der Waals surface area (Å²) in [5, 5.41) is 9.44. The predicted octanol–water partition coefficient (Wildman–Crippen LogP) is 3.36. The van der Waals surface area contributed by atoms with Crippen molar-refractivity contribution in [3.8, 4) is 11.5 Å². The maximum absolute atomic E-state index is 13.1. The van der Waals surface area contributed by atoms with Gasteiger partial charge in [-0.25, -0.2) is 0 Å². The van der Waals surface area contributed by atoms with Gasteiger partial charge in [-0.1, -0.05) is 0 Å². The van der Waals surface area contributed by atoms with Gasteiger partial charge in [-0.2, -0.15) is 22.0 Å². The molecular weight excluding hydrogens is 341 g/mol. The largest absolute Gasteiger partial charge is 0.503 e. The Morgan fingerprint density at radius 3 is 2.21 bits per heavy atom. The summed E-state index contributed by atoms with van der Waals surface area (Å²) in [6.45, 7) is 0. The lowest BCUT2D eigenvalue weighted by molar-refractivity contribution is -0.291. The number of nitrogens with two attached hydrogens (primary N) is 1. The summed E-state index contributed by atoms with van der Waals surface area (Å²) in [5.41, 5.74) is 4.45. The highest BCUT2D eigenvalue weighted by Gasteiger charge is 2.61. The van der Waals surface area contributed by atoms with Crippen LogP contribution in [0.4, 0.5) is 22.0 Å². The number of rotatable bonds is 3. The normalized spacial score (nSPS) is 14.3. The van der Waals surface area contributed by atoms with E-state index in [4.69, 9.17) is 5.73 Å². The topological polar surface area (TPSA) is 55.5 Å². The Balaban J connectivity index is 3.28.